The average Bonchev–Trinajstić information content (AvgIpc) is 2.80. The SMILES string of the molecule is CCCNC1CCCc2sc(COCCC)nc21. The minimum Gasteiger partial charge on any atom is -0.374 e. The molecular weight excluding hydrogens is 244 g/mol. The largest absolute Gasteiger partial charge is 0.374 e. The molecule has 1 heterocycles. The lowest BCUT2D eigenvalue weighted by atomic mass is 9.97. The Morgan fingerprint density at radius 3 is 3.06 bits per heavy atom. The number of aryl methyl sites for hydroxylation is 1. The maximum absolute atomic E-state index is 5.59. The summed E-state index contributed by atoms with van der Waals surface area (Å²) in [7, 11) is 0. The van der Waals surface area contributed by atoms with Crippen molar-refractivity contribution in [1.29, 1.82) is 0 Å². The molecule has 1 aliphatic carbocycles. The highest BCUT2D eigenvalue weighted by molar-refractivity contribution is 7.11. The Morgan fingerprint density at radius 2 is 2.28 bits per heavy atom. The first-order valence-electron chi connectivity index (χ1n) is 7.14. The van der Waals surface area contributed by atoms with E-state index in [2.05, 4.69) is 19.2 Å². The van der Waals surface area contributed by atoms with Crippen molar-refractivity contribution < 1.29 is 4.74 Å². The molecule has 0 spiro atoms. The summed E-state index contributed by atoms with van der Waals surface area (Å²) in [5, 5.41) is 4.76. The summed E-state index contributed by atoms with van der Waals surface area (Å²) < 4.78 is 5.59. The zero-order chi connectivity index (χ0) is 12.8. The van der Waals surface area contributed by atoms with Crippen molar-refractivity contribution in [3.8, 4) is 0 Å². The van der Waals surface area contributed by atoms with Crippen LogP contribution in [0, 0.1) is 0 Å². The fourth-order valence-electron chi connectivity index (χ4n) is 2.35. The molecule has 2 rings (SSSR count). The van der Waals surface area contributed by atoms with Crippen LogP contribution in [0.1, 0.15) is 61.2 Å². The van der Waals surface area contributed by atoms with E-state index in [-0.39, 0.29) is 0 Å². The lowest BCUT2D eigenvalue weighted by Crippen LogP contribution is -2.25. The molecule has 0 saturated heterocycles. The predicted molar refractivity (Wildman–Crippen MR) is 76.0 cm³/mol. The third-order valence-electron chi connectivity index (χ3n) is 3.21. The fourth-order valence-corrected chi connectivity index (χ4v) is 3.46. The first-order valence-corrected chi connectivity index (χ1v) is 7.96. The molecule has 18 heavy (non-hydrogen) atoms. The van der Waals surface area contributed by atoms with E-state index in [0.717, 1.165) is 24.6 Å². The third kappa shape index (κ3) is 3.53. The van der Waals surface area contributed by atoms with Crippen LogP contribution in [0.15, 0.2) is 0 Å². The maximum atomic E-state index is 5.59. The zero-order valence-electron chi connectivity index (χ0n) is 11.5. The quantitative estimate of drug-likeness (QED) is 0.769. The van der Waals surface area contributed by atoms with Gasteiger partial charge in [-0.05, 0) is 38.6 Å². The number of hydrogen-bond donors (Lipinski definition) is 1. The van der Waals surface area contributed by atoms with Gasteiger partial charge in [-0.15, -0.1) is 11.3 Å². The van der Waals surface area contributed by atoms with E-state index < -0.39 is 0 Å². The van der Waals surface area contributed by atoms with E-state index in [1.165, 1.54) is 36.3 Å². The minimum absolute atomic E-state index is 0.477. The number of nitrogens with zero attached hydrogens (tertiary/aromatic N) is 1. The van der Waals surface area contributed by atoms with Crippen LogP contribution >= 0.6 is 11.3 Å². The van der Waals surface area contributed by atoms with Crippen molar-refractivity contribution in [2.45, 2.75) is 58.6 Å². The molecular formula is C14H24N2OS. The summed E-state index contributed by atoms with van der Waals surface area (Å²) in [4.78, 5) is 6.26. The molecule has 0 radical (unpaired) electrons. The van der Waals surface area contributed by atoms with Crippen LogP contribution in [0.3, 0.4) is 0 Å². The Hall–Kier alpha value is -0.450. The minimum atomic E-state index is 0.477. The van der Waals surface area contributed by atoms with Crippen molar-refractivity contribution in [1.82, 2.24) is 10.3 Å². The first-order chi connectivity index (χ1) is 8.85. The molecule has 1 N–H and O–H groups in total. The Bertz CT molecular complexity index is 365. The van der Waals surface area contributed by atoms with Crippen LogP contribution in [-0.2, 0) is 17.8 Å². The number of aromatic nitrogens is 1. The van der Waals surface area contributed by atoms with E-state index in [9.17, 15) is 0 Å². The summed E-state index contributed by atoms with van der Waals surface area (Å²) in [6, 6.07) is 0.477. The summed E-state index contributed by atoms with van der Waals surface area (Å²) in [5.41, 5.74) is 1.30. The van der Waals surface area contributed by atoms with E-state index in [0.29, 0.717) is 12.6 Å². The molecule has 1 atom stereocenters. The van der Waals surface area contributed by atoms with Gasteiger partial charge < -0.3 is 10.1 Å². The fraction of sp³-hybridized carbons (Fsp3) is 0.786. The molecule has 0 saturated carbocycles. The normalized spacial score (nSPS) is 18.9. The molecule has 0 bridgehead atoms. The highest BCUT2D eigenvalue weighted by atomic mass is 32.1. The Morgan fingerprint density at radius 1 is 1.39 bits per heavy atom. The number of hydrogen-bond acceptors (Lipinski definition) is 4. The molecule has 4 heteroatoms. The Balaban J connectivity index is 1.98. The second kappa shape index (κ2) is 7.22. The number of fused-ring (bicyclic) bond motifs is 1. The van der Waals surface area contributed by atoms with Gasteiger partial charge in [-0.2, -0.15) is 0 Å². The van der Waals surface area contributed by atoms with Crippen LogP contribution in [0.4, 0.5) is 0 Å². The molecule has 0 aliphatic heterocycles. The van der Waals surface area contributed by atoms with Gasteiger partial charge in [0.1, 0.15) is 5.01 Å². The van der Waals surface area contributed by atoms with Gasteiger partial charge in [-0.3, -0.25) is 0 Å². The smallest absolute Gasteiger partial charge is 0.119 e. The van der Waals surface area contributed by atoms with Crippen molar-refractivity contribution >= 4 is 11.3 Å². The maximum Gasteiger partial charge on any atom is 0.119 e. The molecule has 0 fully saturated rings. The summed E-state index contributed by atoms with van der Waals surface area (Å²) in [6.07, 6.45) is 5.97. The number of nitrogens with one attached hydrogen (secondary N) is 1. The van der Waals surface area contributed by atoms with Gasteiger partial charge in [0.2, 0.25) is 0 Å². The van der Waals surface area contributed by atoms with Crippen LogP contribution < -0.4 is 5.32 Å². The molecule has 1 unspecified atom stereocenters. The topological polar surface area (TPSA) is 34.1 Å². The third-order valence-corrected chi connectivity index (χ3v) is 4.32. The highest BCUT2D eigenvalue weighted by Gasteiger charge is 2.23. The molecule has 1 aromatic rings. The van der Waals surface area contributed by atoms with Crippen LogP contribution in [0.25, 0.3) is 0 Å². The van der Waals surface area contributed by atoms with Crippen molar-refractivity contribution in [2.24, 2.45) is 0 Å². The predicted octanol–water partition coefficient (Wildman–Crippen LogP) is 3.45. The highest BCUT2D eigenvalue weighted by Crippen LogP contribution is 2.33. The Labute approximate surface area is 114 Å². The van der Waals surface area contributed by atoms with Crippen molar-refractivity contribution in [3.63, 3.8) is 0 Å². The van der Waals surface area contributed by atoms with Gasteiger partial charge in [0.05, 0.1) is 18.3 Å². The van der Waals surface area contributed by atoms with Crippen molar-refractivity contribution in [2.75, 3.05) is 13.2 Å². The standard InChI is InChI=1S/C14H24N2OS/c1-3-8-15-11-6-5-7-12-14(11)16-13(18-12)10-17-9-4-2/h11,15H,3-10H2,1-2H3. The average molecular weight is 268 g/mol. The monoisotopic (exact) mass is 268 g/mol. The number of thiazole rings is 1. The van der Waals surface area contributed by atoms with Gasteiger partial charge in [0.15, 0.2) is 0 Å². The van der Waals surface area contributed by atoms with Gasteiger partial charge in [-0.1, -0.05) is 13.8 Å². The lowest BCUT2D eigenvalue weighted by molar-refractivity contribution is 0.121. The van der Waals surface area contributed by atoms with Gasteiger partial charge >= 0.3 is 0 Å². The number of rotatable bonds is 7. The molecule has 1 aliphatic rings. The van der Waals surface area contributed by atoms with E-state index in [1.807, 2.05) is 11.3 Å². The second-order valence-electron chi connectivity index (χ2n) is 4.87. The number of ether oxygens (including phenoxy) is 1. The van der Waals surface area contributed by atoms with E-state index in [1.54, 1.807) is 0 Å². The van der Waals surface area contributed by atoms with E-state index in [4.69, 9.17) is 9.72 Å². The van der Waals surface area contributed by atoms with Gasteiger partial charge in [0.25, 0.3) is 0 Å². The van der Waals surface area contributed by atoms with E-state index >= 15 is 0 Å². The molecule has 102 valence electrons. The molecule has 0 aromatic carbocycles. The van der Waals surface area contributed by atoms with Gasteiger partial charge in [0, 0.05) is 11.5 Å². The lowest BCUT2D eigenvalue weighted by Gasteiger charge is -2.22. The second-order valence-corrected chi connectivity index (χ2v) is 6.04. The first kappa shape index (κ1) is 14.0. The molecule has 3 nitrogen and oxygen atoms in total. The summed E-state index contributed by atoms with van der Waals surface area (Å²) in [5.74, 6) is 0. The zero-order valence-corrected chi connectivity index (χ0v) is 12.3. The van der Waals surface area contributed by atoms with Crippen LogP contribution in [-0.4, -0.2) is 18.1 Å². The summed E-state index contributed by atoms with van der Waals surface area (Å²) >= 11 is 1.85. The van der Waals surface area contributed by atoms with Crippen molar-refractivity contribution in [3.05, 3.63) is 15.6 Å². The Kier molecular flexibility index (Phi) is 5.60. The van der Waals surface area contributed by atoms with Crippen LogP contribution in [0.5, 0.6) is 0 Å². The molecule has 0 amide bonds. The summed E-state index contributed by atoms with van der Waals surface area (Å²) in [6.45, 7) is 6.95. The van der Waals surface area contributed by atoms with Crippen LogP contribution in [0.2, 0.25) is 0 Å². The molecule has 1 aromatic heterocycles. The van der Waals surface area contributed by atoms with Gasteiger partial charge in [-0.25, -0.2) is 4.98 Å².